The summed E-state index contributed by atoms with van der Waals surface area (Å²) in [5, 5.41) is 10.5. The highest BCUT2D eigenvalue weighted by Gasteiger charge is 2.33. The minimum atomic E-state index is -0.805. The van der Waals surface area contributed by atoms with Gasteiger partial charge in [-0.25, -0.2) is 9.97 Å². The average Bonchev–Trinajstić information content (AvgIpc) is 3.24. The third-order valence-corrected chi connectivity index (χ3v) is 5.35. The lowest BCUT2D eigenvalue weighted by Crippen LogP contribution is -2.56. The van der Waals surface area contributed by atoms with E-state index in [2.05, 4.69) is 19.9 Å². The van der Waals surface area contributed by atoms with Gasteiger partial charge in [-0.15, -0.1) is 0 Å². The number of carboxylic acids is 1. The molecule has 4 rings (SSSR count). The topological polar surface area (TPSA) is 85.3 Å². The van der Waals surface area contributed by atoms with Crippen LogP contribution in [-0.2, 0) is 11.3 Å². The van der Waals surface area contributed by atoms with E-state index in [9.17, 15) is 9.90 Å². The number of anilines is 1. The van der Waals surface area contributed by atoms with Crippen LogP contribution in [0.3, 0.4) is 0 Å². The molecule has 1 saturated heterocycles. The molecule has 0 aliphatic carbocycles. The van der Waals surface area contributed by atoms with Gasteiger partial charge in [-0.2, -0.15) is 0 Å². The van der Waals surface area contributed by atoms with Gasteiger partial charge in [0.25, 0.3) is 0 Å². The molecule has 24 heavy (non-hydrogen) atoms. The molecular weight excluding hydrogens is 326 g/mol. The van der Waals surface area contributed by atoms with Crippen molar-refractivity contribution in [2.45, 2.75) is 12.6 Å². The molecule has 2 aromatic heterocycles. The van der Waals surface area contributed by atoms with Crippen molar-refractivity contribution < 1.29 is 9.90 Å². The number of benzene rings is 1. The molecule has 0 spiro atoms. The first-order valence-electron chi connectivity index (χ1n) is 7.75. The number of imidazole rings is 1. The van der Waals surface area contributed by atoms with Crippen LogP contribution in [0.2, 0.25) is 0 Å². The molecule has 0 radical (unpaired) electrons. The molecule has 1 atom stereocenters. The van der Waals surface area contributed by atoms with E-state index >= 15 is 0 Å². The van der Waals surface area contributed by atoms with Gasteiger partial charge in [0.15, 0.2) is 5.13 Å². The first kappa shape index (κ1) is 15.1. The van der Waals surface area contributed by atoms with E-state index in [-0.39, 0.29) is 0 Å². The number of hydrogen-bond acceptors (Lipinski definition) is 6. The fourth-order valence-electron chi connectivity index (χ4n) is 3.00. The van der Waals surface area contributed by atoms with Crippen molar-refractivity contribution in [3.8, 4) is 0 Å². The second kappa shape index (κ2) is 6.21. The number of piperazine rings is 1. The summed E-state index contributed by atoms with van der Waals surface area (Å²) < 4.78 is 1.12. The molecule has 0 saturated carbocycles. The molecule has 0 amide bonds. The first-order chi connectivity index (χ1) is 11.7. The summed E-state index contributed by atoms with van der Waals surface area (Å²) in [6.07, 6.45) is 3.35. The Morgan fingerprint density at radius 2 is 2.25 bits per heavy atom. The molecule has 3 heterocycles. The smallest absolute Gasteiger partial charge is 0.322 e. The quantitative estimate of drug-likeness (QED) is 0.751. The van der Waals surface area contributed by atoms with Crippen LogP contribution >= 0.6 is 11.3 Å². The van der Waals surface area contributed by atoms with Crippen LogP contribution in [-0.4, -0.2) is 56.6 Å². The Hall–Kier alpha value is -2.45. The van der Waals surface area contributed by atoms with E-state index in [0.717, 1.165) is 27.6 Å². The van der Waals surface area contributed by atoms with Gasteiger partial charge in [-0.1, -0.05) is 23.5 Å². The average molecular weight is 343 g/mol. The SMILES string of the molecule is O=C(O)[C@H]1CN(c2nc3ccccc3s2)CCN1Cc1cnc[nH]1. The molecule has 1 aliphatic rings. The van der Waals surface area contributed by atoms with Gasteiger partial charge in [0.1, 0.15) is 6.04 Å². The Labute approximate surface area is 142 Å². The van der Waals surface area contributed by atoms with Crippen LogP contribution < -0.4 is 4.90 Å². The van der Waals surface area contributed by atoms with E-state index in [1.165, 1.54) is 0 Å². The van der Waals surface area contributed by atoms with Gasteiger partial charge in [-0.05, 0) is 12.1 Å². The summed E-state index contributed by atoms with van der Waals surface area (Å²) in [7, 11) is 0. The number of nitrogens with zero attached hydrogens (tertiary/aromatic N) is 4. The van der Waals surface area contributed by atoms with Gasteiger partial charge >= 0.3 is 5.97 Å². The summed E-state index contributed by atoms with van der Waals surface area (Å²) in [5.41, 5.74) is 1.89. The number of aliphatic carboxylic acids is 1. The molecule has 8 heteroatoms. The Morgan fingerprint density at radius 3 is 3.00 bits per heavy atom. The zero-order valence-corrected chi connectivity index (χ0v) is 13.7. The van der Waals surface area contributed by atoms with Crippen molar-refractivity contribution in [2.75, 3.05) is 24.5 Å². The number of aromatic amines is 1. The molecule has 3 aromatic rings. The number of carbonyl (C=O) groups is 1. The summed E-state index contributed by atoms with van der Waals surface area (Å²) in [4.78, 5) is 27.5. The zero-order chi connectivity index (χ0) is 16.5. The lowest BCUT2D eigenvalue weighted by Gasteiger charge is -2.38. The summed E-state index contributed by atoms with van der Waals surface area (Å²) in [6.45, 7) is 2.43. The number of rotatable bonds is 4. The Balaban J connectivity index is 1.54. The minimum absolute atomic E-state index is 0.434. The molecule has 124 valence electrons. The van der Waals surface area contributed by atoms with Crippen molar-refractivity contribution in [1.82, 2.24) is 19.9 Å². The lowest BCUT2D eigenvalue weighted by atomic mass is 10.1. The highest BCUT2D eigenvalue weighted by molar-refractivity contribution is 7.22. The maximum atomic E-state index is 11.7. The number of H-pyrrole nitrogens is 1. The number of carboxylic acid groups (broad SMARTS) is 1. The Bertz CT molecular complexity index is 814. The summed E-state index contributed by atoms with van der Waals surface area (Å²) in [5.74, 6) is -0.805. The molecular formula is C16H17N5O2S. The number of hydrogen-bond donors (Lipinski definition) is 2. The van der Waals surface area contributed by atoms with Crippen LogP contribution in [0.25, 0.3) is 10.2 Å². The number of thiazole rings is 1. The Kier molecular flexibility index (Phi) is 3.91. The highest BCUT2D eigenvalue weighted by Crippen LogP contribution is 2.30. The van der Waals surface area contributed by atoms with E-state index in [0.29, 0.717) is 19.6 Å². The largest absolute Gasteiger partial charge is 0.480 e. The number of nitrogens with one attached hydrogen (secondary N) is 1. The maximum absolute atomic E-state index is 11.7. The molecule has 1 fully saturated rings. The molecule has 1 aromatic carbocycles. The molecule has 0 unspecified atom stereocenters. The van der Waals surface area contributed by atoms with Crippen LogP contribution in [0.5, 0.6) is 0 Å². The van der Waals surface area contributed by atoms with E-state index in [1.807, 2.05) is 29.2 Å². The van der Waals surface area contributed by atoms with Gasteiger partial charge in [0.2, 0.25) is 0 Å². The van der Waals surface area contributed by atoms with Crippen LogP contribution in [0.1, 0.15) is 5.69 Å². The van der Waals surface area contributed by atoms with Crippen molar-refractivity contribution in [3.05, 3.63) is 42.5 Å². The second-order valence-electron chi connectivity index (χ2n) is 5.81. The molecule has 1 aliphatic heterocycles. The van der Waals surface area contributed by atoms with Crippen molar-refractivity contribution in [2.24, 2.45) is 0 Å². The molecule has 7 nitrogen and oxygen atoms in total. The van der Waals surface area contributed by atoms with Gasteiger partial charge in [0, 0.05) is 38.1 Å². The summed E-state index contributed by atoms with van der Waals surface area (Å²) in [6, 6.07) is 7.42. The van der Waals surface area contributed by atoms with Crippen molar-refractivity contribution >= 4 is 32.7 Å². The number of fused-ring (bicyclic) bond motifs is 1. The third-order valence-electron chi connectivity index (χ3n) is 4.26. The zero-order valence-electron chi connectivity index (χ0n) is 12.9. The monoisotopic (exact) mass is 343 g/mol. The number of para-hydroxylation sites is 1. The predicted molar refractivity (Wildman–Crippen MR) is 92.3 cm³/mol. The molecule has 0 bridgehead atoms. The van der Waals surface area contributed by atoms with Gasteiger partial charge in [-0.3, -0.25) is 9.69 Å². The second-order valence-corrected chi connectivity index (χ2v) is 6.82. The van der Waals surface area contributed by atoms with E-state index in [4.69, 9.17) is 0 Å². The fourth-order valence-corrected chi connectivity index (χ4v) is 4.00. The lowest BCUT2D eigenvalue weighted by molar-refractivity contribution is -0.143. The standard InChI is InChI=1S/C16H17N5O2S/c22-15(23)13-9-21(6-5-20(13)8-11-7-17-10-18-11)16-19-12-3-1-2-4-14(12)24-16/h1-4,7,10,13H,5-6,8-9H2,(H,17,18)(H,22,23)/t13-/m1/s1. The minimum Gasteiger partial charge on any atom is -0.480 e. The van der Waals surface area contributed by atoms with E-state index in [1.54, 1.807) is 23.9 Å². The first-order valence-corrected chi connectivity index (χ1v) is 8.57. The van der Waals surface area contributed by atoms with Crippen LogP contribution in [0, 0.1) is 0 Å². The Morgan fingerprint density at radius 1 is 1.38 bits per heavy atom. The summed E-state index contributed by atoms with van der Waals surface area (Å²) >= 11 is 1.61. The van der Waals surface area contributed by atoms with Gasteiger partial charge in [0.05, 0.1) is 16.5 Å². The van der Waals surface area contributed by atoms with E-state index < -0.39 is 12.0 Å². The fraction of sp³-hybridized carbons (Fsp3) is 0.312. The molecule has 2 N–H and O–H groups in total. The van der Waals surface area contributed by atoms with Crippen LogP contribution in [0.15, 0.2) is 36.8 Å². The highest BCUT2D eigenvalue weighted by atomic mass is 32.1. The third kappa shape index (κ3) is 2.85. The maximum Gasteiger partial charge on any atom is 0.322 e. The number of aromatic nitrogens is 3. The normalized spacial score (nSPS) is 19.0. The van der Waals surface area contributed by atoms with Crippen LogP contribution in [0.4, 0.5) is 5.13 Å². The predicted octanol–water partition coefficient (Wildman–Crippen LogP) is 1.79. The van der Waals surface area contributed by atoms with Crippen molar-refractivity contribution in [1.29, 1.82) is 0 Å². The van der Waals surface area contributed by atoms with Crippen molar-refractivity contribution in [3.63, 3.8) is 0 Å². The van der Waals surface area contributed by atoms with Gasteiger partial charge < -0.3 is 15.0 Å².